The third-order valence-corrected chi connectivity index (χ3v) is 5.18. The normalized spacial score (nSPS) is 27.0. The number of guanidine groups is 1. The highest BCUT2D eigenvalue weighted by atomic mass is 16.5. The third kappa shape index (κ3) is 3.93. The molecule has 0 aromatic rings. The molecular weight excluding hydrogens is 278 g/mol. The zero-order valence-corrected chi connectivity index (χ0v) is 14.5. The van der Waals surface area contributed by atoms with Gasteiger partial charge in [-0.2, -0.15) is 0 Å². The number of nitrogens with zero attached hydrogens (tertiary/aromatic N) is 1. The Morgan fingerprint density at radius 3 is 2.64 bits per heavy atom. The van der Waals surface area contributed by atoms with E-state index in [1.807, 2.05) is 14.0 Å². The van der Waals surface area contributed by atoms with Gasteiger partial charge in [-0.25, -0.2) is 0 Å². The second kappa shape index (κ2) is 8.73. The van der Waals surface area contributed by atoms with Crippen LogP contribution < -0.4 is 10.6 Å². The van der Waals surface area contributed by atoms with Crippen LogP contribution in [0, 0.1) is 5.41 Å². The van der Waals surface area contributed by atoms with Crippen LogP contribution in [-0.2, 0) is 9.47 Å². The molecule has 0 amide bonds. The van der Waals surface area contributed by atoms with Crippen molar-refractivity contribution in [3.8, 4) is 0 Å². The molecule has 0 aromatic carbocycles. The molecule has 22 heavy (non-hydrogen) atoms. The molecule has 0 bridgehead atoms. The monoisotopic (exact) mass is 311 g/mol. The van der Waals surface area contributed by atoms with Gasteiger partial charge in [0, 0.05) is 44.9 Å². The fourth-order valence-electron chi connectivity index (χ4n) is 3.97. The van der Waals surface area contributed by atoms with Gasteiger partial charge in [-0.05, 0) is 39.5 Å². The van der Waals surface area contributed by atoms with Crippen LogP contribution in [0.2, 0.25) is 0 Å². The fraction of sp³-hybridized carbons (Fsp3) is 0.941. The van der Waals surface area contributed by atoms with Crippen LogP contribution in [0.4, 0.5) is 0 Å². The molecule has 2 atom stereocenters. The van der Waals surface area contributed by atoms with Gasteiger partial charge >= 0.3 is 0 Å². The van der Waals surface area contributed by atoms with Gasteiger partial charge in [-0.15, -0.1) is 0 Å². The van der Waals surface area contributed by atoms with E-state index in [0.717, 1.165) is 45.2 Å². The van der Waals surface area contributed by atoms with Gasteiger partial charge in [-0.3, -0.25) is 4.99 Å². The number of hydrogen-bond acceptors (Lipinski definition) is 3. The lowest BCUT2D eigenvalue weighted by Gasteiger charge is -2.54. The number of aliphatic imine (C=N–C) groups is 1. The van der Waals surface area contributed by atoms with Crippen molar-refractivity contribution in [2.45, 2.75) is 64.5 Å². The van der Waals surface area contributed by atoms with Crippen molar-refractivity contribution in [1.82, 2.24) is 10.6 Å². The molecule has 128 valence electrons. The number of ether oxygens (including phenoxy) is 2. The van der Waals surface area contributed by atoms with E-state index in [2.05, 4.69) is 22.5 Å². The summed E-state index contributed by atoms with van der Waals surface area (Å²) in [5, 5.41) is 7.03. The topological polar surface area (TPSA) is 54.9 Å². The molecule has 0 saturated heterocycles. The van der Waals surface area contributed by atoms with E-state index in [0.29, 0.717) is 17.6 Å². The van der Waals surface area contributed by atoms with Gasteiger partial charge in [0.25, 0.3) is 0 Å². The van der Waals surface area contributed by atoms with E-state index < -0.39 is 0 Å². The summed E-state index contributed by atoms with van der Waals surface area (Å²) in [7, 11) is 1.85. The fourth-order valence-corrected chi connectivity index (χ4v) is 3.97. The van der Waals surface area contributed by atoms with Crippen LogP contribution in [0.25, 0.3) is 0 Å². The second-order valence-electron chi connectivity index (χ2n) is 6.37. The Hall–Kier alpha value is -0.810. The minimum absolute atomic E-state index is 0.346. The van der Waals surface area contributed by atoms with E-state index in [1.54, 1.807) is 0 Å². The SMILES string of the molecule is CCOCCCNC(=NC)NC1CC(OCC)C12CCCC2. The number of nitrogens with one attached hydrogen (secondary N) is 2. The van der Waals surface area contributed by atoms with Crippen molar-refractivity contribution in [2.75, 3.05) is 33.4 Å². The summed E-state index contributed by atoms with van der Waals surface area (Å²) in [6.45, 7) is 7.44. The molecule has 2 aliphatic rings. The number of rotatable bonds is 8. The Bertz CT molecular complexity index is 354. The Morgan fingerprint density at radius 1 is 1.23 bits per heavy atom. The molecule has 0 heterocycles. The molecule has 5 nitrogen and oxygen atoms in total. The first kappa shape index (κ1) is 17.5. The molecule has 0 radical (unpaired) electrons. The van der Waals surface area contributed by atoms with Crippen LogP contribution in [0.15, 0.2) is 4.99 Å². The molecule has 0 aromatic heterocycles. The maximum absolute atomic E-state index is 5.97. The number of hydrogen-bond donors (Lipinski definition) is 2. The molecule has 1 spiro atoms. The van der Waals surface area contributed by atoms with Crippen molar-refractivity contribution in [3.05, 3.63) is 0 Å². The van der Waals surface area contributed by atoms with Crippen LogP contribution in [0.5, 0.6) is 0 Å². The van der Waals surface area contributed by atoms with Crippen molar-refractivity contribution in [1.29, 1.82) is 0 Å². The Balaban J connectivity index is 1.78. The average molecular weight is 311 g/mol. The molecular formula is C17H33N3O2. The summed E-state index contributed by atoms with van der Waals surface area (Å²) in [6.07, 6.45) is 7.80. The molecule has 2 fully saturated rings. The zero-order chi connectivity index (χ0) is 15.8. The highest BCUT2D eigenvalue weighted by Crippen LogP contribution is 2.54. The van der Waals surface area contributed by atoms with E-state index >= 15 is 0 Å². The van der Waals surface area contributed by atoms with Crippen molar-refractivity contribution in [3.63, 3.8) is 0 Å². The van der Waals surface area contributed by atoms with E-state index in [4.69, 9.17) is 9.47 Å². The van der Waals surface area contributed by atoms with Gasteiger partial charge in [-0.1, -0.05) is 12.8 Å². The van der Waals surface area contributed by atoms with E-state index in [9.17, 15) is 0 Å². The van der Waals surface area contributed by atoms with Crippen molar-refractivity contribution in [2.24, 2.45) is 10.4 Å². The van der Waals surface area contributed by atoms with Crippen LogP contribution in [0.1, 0.15) is 52.4 Å². The van der Waals surface area contributed by atoms with Gasteiger partial charge in [0.15, 0.2) is 5.96 Å². The van der Waals surface area contributed by atoms with Gasteiger partial charge in [0.2, 0.25) is 0 Å². The highest BCUT2D eigenvalue weighted by molar-refractivity contribution is 5.80. The second-order valence-corrected chi connectivity index (χ2v) is 6.37. The first-order chi connectivity index (χ1) is 10.8. The smallest absolute Gasteiger partial charge is 0.191 e. The standard InChI is InChI=1S/C17H33N3O2/c1-4-21-12-8-11-19-16(18-3)20-14-13-15(22-5-2)17(14)9-6-7-10-17/h14-15H,4-13H2,1-3H3,(H2,18,19,20). The molecule has 2 saturated carbocycles. The average Bonchev–Trinajstić information content (AvgIpc) is 3.04. The Kier molecular flexibility index (Phi) is 6.96. The van der Waals surface area contributed by atoms with Gasteiger partial charge in [0.1, 0.15) is 0 Å². The van der Waals surface area contributed by atoms with Crippen molar-refractivity contribution < 1.29 is 9.47 Å². The summed E-state index contributed by atoms with van der Waals surface area (Å²) in [6, 6.07) is 0.504. The maximum atomic E-state index is 5.97. The summed E-state index contributed by atoms with van der Waals surface area (Å²) < 4.78 is 11.3. The summed E-state index contributed by atoms with van der Waals surface area (Å²) >= 11 is 0. The predicted octanol–water partition coefficient (Wildman–Crippen LogP) is 2.32. The Labute approximate surface area is 135 Å². The van der Waals surface area contributed by atoms with Gasteiger partial charge in [0.05, 0.1) is 6.10 Å². The van der Waals surface area contributed by atoms with Crippen LogP contribution in [0.3, 0.4) is 0 Å². The highest BCUT2D eigenvalue weighted by Gasteiger charge is 2.56. The minimum atomic E-state index is 0.346. The van der Waals surface area contributed by atoms with E-state index in [1.165, 1.54) is 25.7 Å². The lowest BCUT2D eigenvalue weighted by molar-refractivity contribution is -0.125. The lowest BCUT2D eigenvalue weighted by Crippen LogP contribution is -2.65. The first-order valence-corrected chi connectivity index (χ1v) is 8.93. The molecule has 2 N–H and O–H groups in total. The summed E-state index contributed by atoms with van der Waals surface area (Å²) in [5.74, 6) is 0.919. The maximum Gasteiger partial charge on any atom is 0.191 e. The molecule has 2 rings (SSSR count). The molecule has 0 aliphatic heterocycles. The molecule has 5 heteroatoms. The summed E-state index contributed by atoms with van der Waals surface area (Å²) in [4.78, 5) is 4.37. The quantitative estimate of drug-likeness (QED) is 0.410. The third-order valence-electron chi connectivity index (χ3n) is 5.18. The largest absolute Gasteiger partial charge is 0.382 e. The molecule has 2 unspecified atom stereocenters. The zero-order valence-electron chi connectivity index (χ0n) is 14.5. The lowest BCUT2D eigenvalue weighted by atomic mass is 9.60. The van der Waals surface area contributed by atoms with Crippen LogP contribution in [-0.4, -0.2) is 51.5 Å². The van der Waals surface area contributed by atoms with Gasteiger partial charge < -0.3 is 20.1 Å². The van der Waals surface area contributed by atoms with Crippen LogP contribution >= 0.6 is 0 Å². The minimum Gasteiger partial charge on any atom is -0.382 e. The Morgan fingerprint density at radius 2 is 2.00 bits per heavy atom. The summed E-state index contributed by atoms with van der Waals surface area (Å²) in [5.41, 5.74) is 0.346. The van der Waals surface area contributed by atoms with Crippen molar-refractivity contribution >= 4 is 5.96 Å². The predicted molar refractivity (Wildman–Crippen MR) is 90.3 cm³/mol. The first-order valence-electron chi connectivity index (χ1n) is 8.93. The molecule has 2 aliphatic carbocycles. The van der Waals surface area contributed by atoms with E-state index in [-0.39, 0.29) is 0 Å².